The smallest absolute Gasteiger partial charge is 0.124 e. The third-order valence-electron chi connectivity index (χ3n) is 4.17. The van der Waals surface area contributed by atoms with Gasteiger partial charge in [0.05, 0.1) is 5.69 Å². The van der Waals surface area contributed by atoms with Crippen LogP contribution in [-0.2, 0) is 0 Å². The minimum atomic E-state index is 0.359. The van der Waals surface area contributed by atoms with Crippen molar-refractivity contribution in [3.8, 4) is 0 Å². The van der Waals surface area contributed by atoms with Crippen molar-refractivity contribution in [3.05, 3.63) is 24.0 Å². The first kappa shape index (κ1) is 14.3. The van der Waals surface area contributed by atoms with E-state index in [1.807, 2.05) is 12.1 Å². The second-order valence-corrected chi connectivity index (χ2v) is 5.88. The van der Waals surface area contributed by atoms with Gasteiger partial charge in [-0.05, 0) is 36.8 Å². The number of pyridine rings is 1. The van der Waals surface area contributed by atoms with Gasteiger partial charge >= 0.3 is 0 Å². The highest BCUT2D eigenvalue weighted by molar-refractivity contribution is 7.80. The Morgan fingerprint density at radius 2 is 2.05 bits per heavy atom. The van der Waals surface area contributed by atoms with E-state index in [1.54, 1.807) is 6.20 Å². The Hall–Kier alpha value is -1.16. The zero-order valence-corrected chi connectivity index (χ0v) is 12.4. The van der Waals surface area contributed by atoms with Crippen molar-refractivity contribution in [1.29, 1.82) is 0 Å². The van der Waals surface area contributed by atoms with Crippen molar-refractivity contribution >= 4 is 22.9 Å². The normalized spacial score (nSPS) is 23.0. The minimum absolute atomic E-state index is 0.359. The summed E-state index contributed by atoms with van der Waals surface area (Å²) in [6.45, 7) is 3.30. The molecule has 2 rings (SSSR count). The average Bonchev–Trinajstić information content (AvgIpc) is 2.46. The highest BCUT2D eigenvalue weighted by Gasteiger charge is 2.20. The number of thiocarbonyl (C=S) groups is 1. The molecule has 104 valence electrons. The molecule has 1 saturated carbocycles. The van der Waals surface area contributed by atoms with Crippen LogP contribution < -0.4 is 11.1 Å². The SMILES string of the molecule is CCC1CCC(CNc2cccnc2C(N)=S)CC1. The highest BCUT2D eigenvalue weighted by Crippen LogP contribution is 2.30. The van der Waals surface area contributed by atoms with E-state index in [9.17, 15) is 0 Å². The molecule has 0 unspecified atom stereocenters. The number of hydrogen-bond acceptors (Lipinski definition) is 3. The van der Waals surface area contributed by atoms with Gasteiger partial charge in [0.15, 0.2) is 0 Å². The van der Waals surface area contributed by atoms with E-state index in [1.165, 1.54) is 32.1 Å². The number of nitrogens with two attached hydrogens (primary N) is 1. The van der Waals surface area contributed by atoms with Crippen molar-refractivity contribution in [1.82, 2.24) is 4.98 Å². The van der Waals surface area contributed by atoms with Crippen LogP contribution in [0.2, 0.25) is 0 Å². The monoisotopic (exact) mass is 277 g/mol. The molecule has 1 aromatic rings. The molecule has 1 aliphatic carbocycles. The molecule has 0 aromatic carbocycles. The molecule has 0 spiro atoms. The Balaban J connectivity index is 1.88. The van der Waals surface area contributed by atoms with Gasteiger partial charge in [0.25, 0.3) is 0 Å². The lowest BCUT2D eigenvalue weighted by molar-refractivity contribution is 0.278. The van der Waals surface area contributed by atoms with Crippen LogP contribution >= 0.6 is 12.2 Å². The molecule has 1 aliphatic rings. The maximum Gasteiger partial charge on any atom is 0.124 e. The summed E-state index contributed by atoms with van der Waals surface area (Å²) in [6.07, 6.45) is 8.46. The van der Waals surface area contributed by atoms with Crippen LogP contribution in [0.5, 0.6) is 0 Å². The van der Waals surface area contributed by atoms with Gasteiger partial charge in [0.1, 0.15) is 10.7 Å². The molecule has 1 fully saturated rings. The summed E-state index contributed by atoms with van der Waals surface area (Å²) in [7, 11) is 0. The molecular weight excluding hydrogens is 254 g/mol. The van der Waals surface area contributed by atoms with E-state index < -0.39 is 0 Å². The Bertz CT molecular complexity index is 425. The molecule has 1 heterocycles. The highest BCUT2D eigenvalue weighted by atomic mass is 32.1. The fraction of sp³-hybridized carbons (Fsp3) is 0.600. The lowest BCUT2D eigenvalue weighted by atomic mass is 9.81. The van der Waals surface area contributed by atoms with Gasteiger partial charge in [-0.25, -0.2) is 0 Å². The summed E-state index contributed by atoms with van der Waals surface area (Å²) in [5, 5.41) is 3.47. The predicted octanol–water partition coefficient (Wildman–Crippen LogP) is 3.34. The summed E-state index contributed by atoms with van der Waals surface area (Å²) in [5.41, 5.74) is 7.36. The molecule has 0 amide bonds. The molecule has 0 bridgehead atoms. The largest absolute Gasteiger partial charge is 0.388 e. The van der Waals surface area contributed by atoms with Crippen molar-refractivity contribution < 1.29 is 0 Å². The first-order chi connectivity index (χ1) is 9.20. The van der Waals surface area contributed by atoms with Crippen LogP contribution in [0.15, 0.2) is 18.3 Å². The van der Waals surface area contributed by atoms with Gasteiger partial charge in [0.2, 0.25) is 0 Å². The van der Waals surface area contributed by atoms with Gasteiger partial charge in [-0.1, -0.05) is 38.4 Å². The Morgan fingerprint density at radius 1 is 1.37 bits per heavy atom. The van der Waals surface area contributed by atoms with Gasteiger partial charge in [0, 0.05) is 12.7 Å². The van der Waals surface area contributed by atoms with E-state index in [0.29, 0.717) is 10.7 Å². The Labute approximate surface area is 121 Å². The number of aromatic nitrogens is 1. The van der Waals surface area contributed by atoms with Crippen LogP contribution in [-0.4, -0.2) is 16.5 Å². The number of nitrogens with one attached hydrogen (secondary N) is 1. The summed E-state index contributed by atoms with van der Waals surface area (Å²) < 4.78 is 0. The Morgan fingerprint density at radius 3 is 2.68 bits per heavy atom. The topological polar surface area (TPSA) is 50.9 Å². The summed E-state index contributed by atoms with van der Waals surface area (Å²) >= 11 is 5.03. The van der Waals surface area contributed by atoms with Gasteiger partial charge in [-0.3, -0.25) is 4.98 Å². The first-order valence-electron chi connectivity index (χ1n) is 7.19. The van der Waals surface area contributed by atoms with Crippen LogP contribution in [0.4, 0.5) is 5.69 Å². The molecule has 0 aliphatic heterocycles. The molecule has 0 atom stereocenters. The van der Waals surface area contributed by atoms with Gasteiger partial charge in [-0.2, -0.15) is 0 Å². The maximum absolute atomic E-state index is 5.69. The quantitative estimate of drug-likeness (QED) is 0.810. The molecule has 3 N–H and O–H groups in total. The van der Waals surface area contributed by atoms with Crippen LogP contribution in [0.25, 0.3) is 0 Å². The van der Waals surface area contributed by atoms with Crippen LogP contribution in [0.1, 0.15) is 44.7 Å². The maximum atomic E-state index is 5.69. The van der Waals surface area contributed by atoms with Gasteiger partial charge < -0.3 is 11.1 Å². The molecule has 4 heteroatoms. The van der Waals surface area contributed by atoms with E-state index in [2.05, 4.69) is 17.2 Å². The Kier molecular flexibility index (Phi) is 5.14. The average molecular weight is 277 g/mol. The van der Waals surface area contributed by atoms with E-state index in [0.717, 1.165) is 24.1 Å². The predicted molar refractivity (Wildman–Crippen MR) is 84.4 cm³/mol. The number of hydrogen-bond donors (Lipinski definition) is 2. The molecule has 19 heavy (non-hydrogen) atoms. The first-order valence-corrected chi connectivity index (χ1v) is 7.60. The molecule has 0 saturated heterocycles. The zero-order valence-electron chi connectivity index (χ0n) is 11.6. The standard InChI is InChI=1S/C15H23N3S/c1-2-11-5-7-12(8-6-11)10-18-13-4-3-9-17-14(13)15(16)19/h3-4,9,11-12,18H,2,5-8,10H2,1H3,(H2,16,19). The summed E-state index contributed by atoms with van der Waals surface area (Å²) in [4.78, 5) is 4.60. The second-order valence-electron chi connectivity index (χ2n) is 5.44. The molecule has 3 nitrogen and oxygen atoms in total. The fourth-order valence-electron chi connectivity index (χ4n) is 2.84. The lowest BCUT2D eigenvalue weighted by Gasteiger charge is -2.28. The number of anilines is 1. The van der Waals surface area contributed by atoms with Crippen molar-refractivity contribution in [2.24, 2.45) is 17.6 Å². The third kappa shape index (κ3) is 3.90. The van der Waals surface area contributed by atoms with Crippen molar-refractivity contribution in [2.75, 3.05) is 11.9 Å². The molecule has 0 radical (unpaired) electrons. The summed E-state index contributed by atoms with van der Waals surface area (Å²) in [5.74, 6) is 1.71. The van der Waals surface area contributed by atoms with Crippen molar-refractivity contribution in [3.63, 3.8) is 0 Å². The molecular formula is C15H23N3S. The van der Waals surface area contributed by atoms with E-state index in [-0.39, 0.29) is 0 Å². The lowest BCUT2D eigenvalue weighted by Crippen LogP contribution is -2.22. The van der Waals surface area contributed by atoms with E-state index >= 15 is 0 Å². The third-order valence-corrected chi connectivity index (χ3v) is 4.36. The van der Waals surface area contributed by atoms with Crippen LogP contribution in [0.3, 0.4) is 0 Å². The number of rotatable bonds is 5. The van der Waals surface area contributed by atoms with Crippen LogP contribution in [0, 0.1) is 11.8 Å². The second kappa shape index (κ2) is 6.85. The number of nitrogens with zero attached hydrogens (tertiary/aromatic N) is 1. The molecule has 1 aromatic heterocycles. The fourth-order valence-corrected chi connectivity index (χ4v) is 3.01. The van der Waals surface area contributed by atoms with E-state index in [4.69, 9.17) is 18.0 Å². The minimum Gasteiger partial charge on any atom is -0.388 e. The van der Waals surface area contributed by atoms with Gasteiger partial charge in [-0.15, -0.1) is 0 Å². The zero-order chi connectivity index (χ0) is 13.7. The summed E-state index contributed by atoms with van der Waals surface area (Å²) in [6, 6.07) is 3.91. The van der Waals surface area contributed by atoms with Crippen molar-refractivity contribution in [2.45, 2.75) is 39.0 Å².